The van der Waals surface area contributed by atoms with E-state index >= 15 is 0 Å². The first-order valence-electron chi connectivity index (χ1n) is 7.92. The number of ether oxygens (including phenoxy) is 1. The quantitative estimate of drug-likeness (QED) is 0.712. The van der Waals surface area contributed by atoms with Gasteiger partial charge in [-0.05, 0) is 42.9 Å². The Kier molecular flexibility index (Phi) is 3.87. The van der Waals surface area contributed by atoms with Crippen molar-refractivity contribution >= 4 is 0 Å². The first kappa shape index (κ1) is 15.6. The van der Waals surface area contributed by atoms with Gasteiger partial charge in [-0.2, -0.15) is 0 Å². The molecule has 0 aliphatic heterocycles. The average Bonchev–Trinajstić information content (AvgIpc) is 3.35. The van der Waals surface area contributed by atoms with E-state index < -0.39 is 11.6 Å². The summed E-state index contributed by atoms with van der Waals surface area (Å²) >= 11 is 0. The van der Waals surface area contributed by atoms with E-state index in [2.05, 4.69) is 20.3 Å². The normalized spacial score (nSPS) is 13.9. The standard InChI is InChI=1S/C17H15F2N5O/c1-10-4-16(15(19)5-14(10)18)24-8-13(22-23-24)9-25-17-20-6-12(7-21-17)11-2-3-11/h4-8,11H,2-3,9H2,1H3. The average molecular weight is 343 g/mol. The second-order valence-corrected chi connectivity index (χ2v) is 6.07. The van der Waals surface area contributed by atoms with Gasteiger partial charge in [-0.15, -0.1) is 5.10 Å². The molecule has 1 aromatic carbocycles. The van der Waals surface area contributed by atoms with Gasteiger partial charge in [0.15, 0.2) is 5.82 Å². The summed E-state index contributed by atoms with van der Waals surface area (Å²) in [5.41, 5.74) is 2.06. The largest absolute Gasteiger partial charge is 0.457 e. The summed E-state index contributed by atoms with van der Waals surface area (Å²) in [6, 6.07) is 2.46. The molecule has 8 heteroatoms. The lowest BCUT2D eigenvalue weighted by Crippen LogP contribution is -2.01. The van der Waals surface area contributed by atoms with Crippen molar-refractivity contribution in [3.05, 3.63) is 59.2 Å². The fourth-order valence-corrected chi connectivity index (χ4v) is 2.47. The minimum Gasteiger partial charge on any atom is -0.457 e. The molecule has 4 rings (SSSR count). The van der Waals surface area contributed by atoms with Gasteiger partial charge in [0.05, 0.1) is 6.20 Å². The summed E-state index contributed by atoms with van der Waals surface area (Å²) in [4.78, 5) is 8.33. The Morgan fingerprint density at radius 1 is 1.16 bits per heavy atom. The molecule has 1 fully saturated rings. The molecule has 0 amide bonds. The maximum Gasteiger partial charge on any atom is 0.316 e. The van der Waals surface area contributed by atoms with E-state index in [1.54, 1.807) is 19.3 Å². The fraction of sp³-hybridized carbons (Fsp3) is 0.294. The smallest absolute Gasteiger partial charge is 0.316 e. The van der Waals surface area contributed by atoms with Crippen LogP contribution in [0.15, 0.2) is 30.7 Å². The van der Waals surface area contributed by atoms with Crippen LogP contribution in [0.5, 0.6) is 6.01 Å². The molecular weight excluding hydrogens is 328 g/mol. The molecule has 0 radical (unpaired) electrons. The van der Waals surface area contributed by atoms with Crippen LogP contribution in [-0.2, 0) is 6.61 Å². The number of rotatable bonds is 5. The summed E-state index contributed by atoms with van der Waals surface area (Å²) in [5.74, 6) is -0.723. The molecule has 1 saturated carbocycles. The highest BCUT2D eigenvalue weighted by atomic mass is 19.1. The van der Waals surface area contributed by atoms with Gasteiger partial charge in [-0.25, -0.2) is 23.4 Å². The van der Waals surface area contributed by atoms with E-state index in [1.165, 1.54) is 29.8 Å². The Bertz CT molecular complexity index is 906. The van der Waals surface area contributed by atoms with E-state index in [-0.39, 0.29) is 18.3 Å². The van der Waals surface area contributed by atoms with Crippen LogP contribution in [0.2, 0.25) is 0 Å². The zero-order chi connectivity index (χ0) is 17.4. The predicted molar refractivity (Wildman–Crippen MR) is 84.4 cm³/mol. The maximum absolute atomic E-state index is 13.9. The monoisotopic (exact) mass is 343 g/mol. The number of benzene rings is 1. The van der Waals surface area contributed by atoms with Crippen LogP contribution < -0.4 is 4.74 Å². The van der Waals surface area contributed by atoms with Crippen molar-refractivity contribution in [2.45, 2.75) is 32.3 Å². The fourth-order valence-electron chi connectivity index (χ4n) is 2.47. The molecule has 3 aromatic rings. The number of aromatic nitrogens is 5. The molecule has 25 heavy (non-hydrogen) atoms. The van der Waals surface area contributed by atoms with E-state index in [1.807, 2.05) is 0 Å². The highest BCUT2D eigenvalue weighted by Crippen LogP contribution is 2.39. The van der Waals surface area contributed by atoms with Gasteiger partial charge >= 0.3 is 6.01 Å². The number of halogens is 2. The predicted octanol–water partition coefficient (Wildman–Crippen LogP) is 3.10. The van der Waals surface area contributed by atoms with Crippen LogP contribution >= 0.6 is 0 Å². The van der Waals surface area contributed by atoms with E-state index in [4.69, 9.17) is 4.74 Å². The second kappa shape index (κ2) is 6.19. The third kappa shape index (κ3) is 3.33. The van der Waals surface area contributed by atoms with Crippen LogP contribution in [0.4, 0.5) is 8.78 Å². The maximum atomic E-state index is 13.9. The molecule has 0 bridgehead atoms. The minimum atomic E-state index is -0.709. The van der Waals surface area contributed by atoms with Crippen LogP contribution in [0.1, 0.15) is 35.6 Å². The Labute approximate surface area is 142 Å². The SMILES string of the molecule is Cc1cc(-n2cc(COc3ncc(C4CC4)cn3)nn2)c(F)cc1F. The molecule has 1 aliphatic rings. The van der Waals surface area contributed by atoms with Gasteiger partial charge in [0.25, 0.3) is 0 Å². The molecule has 0 atom stereocenters. The lowest BCUT2D eigenvalue weighted by molar-refractivity contribution is 0.276. The van der Waals surface area contributed by atoms with Gasteiger partial charge in [-0.1, -0.05) is 5.21 Å². The van der Waals surface area contributed by atoms with Crippen molar-refractivity contribution in [2.24, 2.45) is 0 Å². The lowest BCUT2D eigenvalue weighted by atomic mass is 10.2. The van der Waals surface area contributed by atoms with Gasteiger partial charge in [0, 0.05) is 18.5 Å². The number of hydrogen-bond donors (Lipinski definition) is 0. The molecule has 128 valence electrons. The van der Waals surface area contributed by atoms with Crippen LogP contribution in [0.25, 0.3) is 5.69 Å². The Balaban J connectivity index is 1.45. The van der Waals surface area contributed by atoms with E-state index in [9.17, 15) is 8.78 Å². The minimum absolute atomic E-state index is 0.102. The molecule has 0 unspecified atom stereocenters. The molecule has 1 aliphatic carbocycles. The molecular formula is C17H15F2N5O. The van der Waals surface area contributed by atoms with E-state index in [0.29, 0.717) is 17.2 Å². The second-order valence-electron chi connectivity index (χ2n) is 6.07. The summed E-state index contributed by atoms with van der Waals surface area (Å²) in [6.07, 6.45) is 7.44. The van der Waals surface area contributed by atoms with Crippen molar-refractivity contribution in [3.63, 3.8) is 0 Å². The first-order chi connectivity index (χ1) is 12.1. The summed E-state index contributed by atoms with van der Waals surface area (Å²) in [7, 11) is 0. The summed E-state index contributed by atoms with van der Waals surface area (Å²) < 4.78 is 34.0. The molecule has 0 saturated heterocycles. The van der Waals surface area contributed by atoms with Crippen molar-refractivity contribution in [2.75, 3.05) is 0 Å². The van der Waals surface area contributed by atoms with Crippen LogP contribution in [0, 0.1) is 18.6 Å². The first-order valence-corrected chi connectivity index (χ1v) is 7.92. The van der Waals surface area contributed by atoms with Gasteiger partial charge < -0.3 is 4.74 Å². The van der Waals surface area contributed by atoms with Crippen LogP contribution in [-0.4, -0.2) is 25.0 Å². The van der Waals surface area contributed by atoms with Crippen molar-refractivity contribution < 1.29 is 13.5 Å². The van der Waals surface area contributed by atoms with Crippen molar-refractivity contribution in [1.29, 1.82) is 0 Å². The molecule has 2 aromatic heterocycles. The van der Waals surface area contributed by atoms with Gasteiger partial charge in [-0.3, -0.25) is 0 Å². The van der Waals surface area contributed by atoms with Crippen molar-refractivity contribution in [3.8, 4) is 11.7 Å². The zero-order valence-corrected chi connectivity index (χ0v) is 13.5. The zero-order valence-electron chi connectivity index (χ0n) is 13.5. The Morgan fingerprint density at radius 2 is 1.92 bits per heavy atom. The molecule has 0 N–H and O–H groups in total. The Morgan fingerprint density at radius 3 is 2.64 bits per heavy atom. The Hall–Kier alpha value is -2.90. The third-order valence-corrected chi connectivity index (χ3v) is 4.06. The van der Waals surface area contributed by atoms with Crippen molar-refractivity contribution in [1.82, 2.24) is 25.0 Å². The highest BCUT2D eigenvalue weighted by molar-refractivity contribution is 5.37. The summed E-state index contributed by atoms with van der Waals surface area (Å²) in [6.45, 7) is 1.66. The number of hydrogen-bond acceptors (Lipinski definition) is 5. The number of aryl methyl sites for hydroxylation is 1. The topological polar surface area (TPSA) is 65.7 Å². The van der Waals surface area contributed by atoms with Gasteiger partial charge in [0.2, 0.25) is 0 Å². The molecule has 2 heterocycles. The molecule has 0 spiro atoms. The summed E-state index contributed by atoms with van der Waals surface area (Å²) in [5, 5.41) is 7.79. The van der Waals surface area contributed by atoms with E-state index in [0.717, 1.165) is 11.6 Å². The third-order valence-electron chi connectivity index (χ3n) is 4.06. The number of nitrogens with zero attached hydrogens (tertiary/aromatic N) is 5. The van der Waals surface area contributed by atoms with Crippen LogP contribution in [0.3, 0.4) is 0 Å². The van der Waals surface area contributed by atoms with Gasteiger partial charge in [0.1, 0.15) is 23.8 Å². The lowest BCUT2D eigenvalue weighted by Gasteiger charge is -2.04. The molecule has 6 nitrogen and oxygen atoms in total. The highest BCUT2D eigenvalue weighted by Gasteiger charge is 2.24.